The molecular formula is C9H13Br. The molecule has 1 heteroatoms. The van der Waals surface area contributed by atoms with E-state index in [-0.39, 0.29) is 0 Å². The van der Waals surface area contributed by atoms with Crippen LogP contribution in [0.5, 0.6) is 0 Å². The van der Waals surface area contributed by atoms with Gasteiger partial charge in [-0.2, -0.15) is 0 Å². The van der Waals surface area contributed by atoms with Crippen molar-refractivity contribution in [2.24, 2.45) is 0 Å². The fraction of sp³-hybridized carbons (Fsp3) is 0.556. The lowest BCUT2D eigenvalue weighted by atomic mass is 9.97. The molecule has 1 rings (SSSR count). The molecule has 56 valence electrons. The lowest BCUT2D eigenvalue weighted by molar-refractivity contribution is 0.877. The molecule has 0 N–H and O–H groups in total. The second-order valence-corrected chi connectivity index (χ2v) is 3.12. The highest BCUT2D eigenvalue weighted by Gasteiger charge is 2.03. The molecule has 0 saturated carbocycles. The predicted molar refractivity (Wildman–Crippen MR) is 49.5 cm³/mol. The zero-order chi connectivity index (χ0) is 7.40. The summed E-state index contributed by atoms with van der Waals surface area (Å²) in [5, 5.41) is 1.02. The fourth-order valence-corrected chi connectivity index (χ4v) is 1.89. The summed E-state index contributed by atoms with van der Waals surface area (Å²) < 4.78 is 0. The third kappa shape index (κ3) is 1.72. The van der Waals surface area contributed by atoms with Crippen LogP contribution in [-0.2, 0) is 0 Å². The van der Waals surface area contributed by atoms with Crippen molar-refractivity contribution in [2.75, 3.05) is 5.33 Å². The quantitative estimate of drug-likeness (QED) is 0.600. The summed E-state index contributed by atoms with van der Waals surface area (Å²) in [6, 6.07) is 0. The molecule has 0 aromatic carbocycles. The van der Waals surface area contributed by atoms with Crippen LogP contribution in [0.4, 0.5) is 0 Å². The molecule has 10 heavy (non-hydrogen) atoms. The summed E-state index contributed by atoms with van der Waals surface area (Å²) in [4.78, 5) is 0. The van der Waals surface area contributed by atoms with E-state index in [1.807, 2.05) is 0 Å². The first kappa shape index (κ1) is 8.06. The number of alkyl halides is 1. The number of allylic oxidation sites excluding steroid dienone is 4. The molecule has 0 atom stereocenters. The molecule has 0 bridgehead atoms. The van der Waals surface area contributed by atoms with Crippen molar-refractivity contribution in [3.05, 3.63) is 23.3 Å². The molecule has 0 heterocycles. The average Bonchev–Trinajstić information content (AvgIpc) is 2.04. The monoisotopic (exact) mass is 200 g/mol. The zero-order valence-electron chi connectivity index (χ0n) is 6.36. The third-order valence-electron chi connectivity index (χ3n) is 1.96. The maximum absolute atomic E-state index is 3.48. The van der Waals surface area contributed by atoms with E-state index in [4.69, 9.17) is 0 Å². The first-order valence-electron chi connectivity index (χ1n) is 3.82. The first-order valence-corrected chi connectivity index (χ1v) is 4.94. The summed E-state index contributed by atoms with van der Waals surface area (Å²) in [6.45, 7) is 2.23. The van der Waals surface area contributed by atoms with E-state index in [2.05, 4.69) is 35.0 Å². The lowest BCUT2D eigenvalue weighted by Gasteiger charge is -2.11. The molecule has 0 radical (unpaired) electrons. The van der Waals surface area contributed by atoms with Crippen molar-refractivity contribution < 1.29 is 0 Å². The SMILES string of the molecule is CCC1=C(CBr)C=CCC1. The van der Waals surface area contributed by atoms with Crippen LogP contribution < -0.4 is 0 Å². The second kappa shape index (κ2) is 3.97. The standard InChI is InChI=1S/C9H13Br/c1-2-8-5-3-4-6-9(8)7-10/h4,6H,2-3,5,7H2,1H3. The highest BCUT2D eigenvalue weighted by Crippen LogP contribution is 2.22. The van der Waals surface area contributed by atoms with Gasteiger partial charge in [-0.1, -0.05) is 40.6 Å². The van der Waals surface area contributed by atoms with Crippen LogP contribution in [0, 0.1) is 0 Å². The molecule has 0 amide bonds. The number of halogens is 1. The largest absolute Gasteiger partial charge is 0.0876 e. The summed E-state index contributed by atoms with van der Waals surface area (Å²) >= 11 is 3.48. The Morgan fingerprint density at radius 3 is 2.90 bits per heavy atom. The fourth-order valence-electron chi connectivity index (χ4n) is 1.30. The Balaban J connectivity index is 2.73. The maximum Gasteiger partial charge on any atom is 0.0282 e. The van der Waals surface area contributed by atoms with Crippen LogP contribution in [-0.4, -0.2) is 5.33 Å². The van der Waals surface area contributed by atoms with E-state index < -0.39 is 0 Å². The molecule has 0 spiro atoms. The summed E-state index contributed by atoms with van der Waals surface area (Å²) in [5.41, 5.74) is 3.12. The Kier molecular flexibility index (Phi) is 3.20. The van der Waals surface area contributed by atoms with Crippen molar-refractivity contribution in [1.29, 1.82) is 0 Å². The van der Waals surface area contributed by atoms with Crippen LogP contribution in [0.25, 0.3) is 0 Å². The van der Waals surface area contributed by atoms with Crippen molar-refractivity contribution in [2.45, 2.75) is 26.2 Å². The van der Waals surface area contributed by atoms with Gasteiger partial charge in [-0.15, -0.1) is 0 Å². The average molecular weight is 201 g/mol. The topological polar surface area (TPSA) is 0 Å². The highest BCUT2D eigenvalue weighted by atomic mass is 79.9. The van der Waals surface area contributed by atoms with Gasteiger partial charge in [0.15, 0.2) is 0 Å². The van der Waals surface area contributed by atoms with E-state index in [1.165, 1.54) is 24.8 Å². The van der Waals surface area contributed by atoms with E-state index in [0.717, 1.165) is 5.33 Å². The normalized spacial score (nSPS) is 18.2. The Morgan fingerprint density at radius 2 is 2.40 bits per heavy atom. The van der Waals surface area contributed by atoms with E-state index in [9.17, 15) is 0 Å². The third-order valence-corrected chi connectivity index (χ3v) is 2.56. The second-order valence-electron chi connectivity index (χ2n) is 2.56. The minimum Gasteiger partial charge on any atom is -0.0876 e. The molecule has 0 aromatic rings. The number of hydrogen-bond donors (Lipinski definition) is 0. The Hall–Kier alpha value is -0.0400. The van der Waals surface area contributed by atoms with Crippen LogP contribution in [0.15, 0.2) is 23.3 Å². The summed E-state index contributed by atoms with van der Waals surface area (Å²) in [7, 11) is 0. The van der Waals surface area contributed by atoms with Gasteiger partial charge in [0.2, 0.25) is 0 Å². The van der Waals surface area contributed by atoms with E-state index in [1.54, 1.807) is 5.57 Å². The van der Waals surface area contributed by atoms with Crippen LogP contribution in [0.2, 0.25) is 0 Å². The van der Waals surface area contributed by atoms with Gasteiger partial charge in [0.25, 0.3) is 0 Å². The lowest BCUT2D eigenvalue weighted by Crippen LogP contribution is -1.94. The van der Waals surface area contributed by atoms with Crippen LogP contribution in [0.3, 0.4) is 0 Å². The minimum atomic E-state index is 1.02. The van der Waals surface area contributed by atoms with Gasteiger partial charge in [-0.05, 0) is 24.8 Å². The van der Waals surface area contributed by atoms with Gasteiger partial charge < -0.3 is 0 Å². The molecule has 1 aliphatic carbocycles. The van der Waals surface area contributed by atoms with Gasteiger partial charge in [0, 0.05) is 5.33 Å². The van der Waals surface area contributed by atoms with Crippen LogP contribution >= 0.6 is 15.9 Å². The zero-order valence-corrected chi connectivity index (χ0v) is 7.95. The van der Waals surface area contributed by atoms with Gasteiger partial charge in [0.05, 0.1) is 0 Å². The minimum absolute atomic E-state index is 1.02. The van der Waals surface area contributed by atoms with Crippen molar-refractivity contribution in [3.63, 3.8) is 0 Å². The van der Waals surface area contributed by atoms with Crippen molar-refractivity contribution in [1.82, 2.24) is 0 Å². The number of hydrogen-bond acceptors (Lipinski definition) is 0. The molecule has 0 aromatic heterocycles. The molecule has 0 unspecified atom stereocenters. The molecule has 0 fully saturated rings. The number of rotatable bonds is 2. The van der Waals surface area contributed by atoms with Gasteiger partial charge in [0.1, 0.15) is 0 Å². The molecular weight excluding hydrogens is 188 g/mol. The van der Waals surface area contributed by atoms with Crippen LogP contribution in [0.1, 0.15) is 26.2 Å². The maximum atomic E-state index is 3.48. The Morgan fingerprint density at radius 1 is 1.60 bits per heavy atom. The summed E-state index contributed by atoms with van der Waals surface area (Å²) in [6.07, 6.45) is 8.23. The highest BCUT2D eigenvalue weighted by molar-refractivity contribution is 9.09. The molecule has 1 aliphatic rings. The Labute approximate surface area is 71.1 Å². The van der Waals surface area contributed by atoms with E-state index in [0.29, 0.717) is 0 Å². The molecule has 0 aliphatic heterocycles. The molecule has 0 nitrogen and oxygen atoms in total. The van der Waals surface area contributed by atoms with Gasteiger partial charge >= 0.3 is 0 Å². The first-order chi connectivity index (χ1) is 4.88. The van der Waals surface area contributed by atoms with Crippen molar-refractivity contribution >= 4 is 15.9 Å². The van der Waals surface area contributed by atoms with E-state index >= 15 is 0 Å². The summed E-state index contributed by atoms with van der Waals surface area (Å²) in [5.74, 6) is 0. The smallest absolute Gasteiger partial charge is 0.0282 e. The predicted octanol–water partition coefficient (Wildman–Crippen LogP) is 3.44. The Bertz CT molecular complexity index is 166. The van der Waals surface area contributed by atoms with Crippen molar-refractivity contribution in [3.8, 4) is 0 Å². The van der Waals surface area contributed by atoms with Gasteiger partial charge in [-0.25, -0.2) is 0 Å². The van der Waals surface area contributed by atoms with Gasteiger partial charge in [-0.3, -0.25) is 0 Å². The molecule has 0 saturated heterocycles.